The second-order valence-corrected chi connectivity index (χ2v) is 5.42. The standard InChI is InChI=1S/C15H24FN3/c1-4-18-7-8-19(10-11(18)2)15-6-5-13(12(3)17)9-14(15)16/h5-6,9,11-12H,4,7-8,10,17H2,1-3H3. The van der Waals surface area contributed by atoms with Crippen molar-refractivity contribution in [3.05, 3.63) is 29.6 Å². The Morgan fingerprint density at radius 2 is 2.16 bits per heavy atom. The van der Waals surface area contributed by atoms with Crippen LogP contribution in [0.5, 0.6) is 0 Å². The van der Waals surface area contributed by atoms with E-state index in [0.29, 0.717) is 11.7 Å². The molecule has 4 heteroatoms. The molecule has 1 heterocycles. The minimum absolute atomic E-state index is 0.126. The number of anilines is 1. The molecule has 1 aromatic carbocycles. The first-order valence-corrected chi connectivity index (χ1v) is 7.07. The Morgan fingerprint density at radius 3 is 2.68 bits per heavy atom. The summed E-state index contributed by atoms with van der Waals surface area (Å²) in [5.41, 5.74) is 7.33. The molecule has 0 aromatic heterocycles. The first-order chi connectivity index (χ1) is 9.02. The van der Waals surface area contributed by atoms with Crippen LogP contribution in [0.4, 0.5) is 10.1 Å². The van der Waals surface area contributed by atoms with Crippen LogP contribution in [0.3, 0.4) is 0 Å². The van der Waals surface area contributed by atoms with Gasteiger partial charge in [0, 0.05) is 31.7 Å². The first kappa shape index (κ1) is 14.3. The second-order valence-electron chi connectivity index (χ2n) is 5.42. The zero-order valence-corrected chi connectivity index (χ0v) is 12.1. The highest BCUT2D eigenvalue weighted by atomic mass is 19.1. The van der Waals surface area contributed by atoms with Crippen molar-refractivity contribution in [1.82, 2.24) is 4.90 Å². The zero-order chi connectivity index (χ0) is 14.0. The maximum Gasteiger partial charge on any atom is 0.146 e. The summed E-state index contributed by atoms with van der Waals surface area (Å²) in [4.78, 5) is 4.56. The molecule has 1 aliphatic rings. The van der Waals surface area contributed by atoms with Crippen molar-refractivity contribution in [2.24, 2.45) is 5.73 Å². The van der Waals surface area contributed by atoms with E-state index in [9.17, 15) is 4.39 Å². The van der Waals surface area contributed by atoms with Gasteiger partial charge in [0.25, 0.3) is 0 Å². The third kappa shape index (κ3) is 3.07. The molecule has 1 saturated heterocycles. The van der Waals surface area contributed by atoms with Crippen molar-refractivity contribution in [2.75, 3.05) is 31.1 Å². The molecule has 2 N–H and O–H groups in total. The Kier molecular flexibility index (Phi) is 4.42. The van der Waals surface area contributed by atoms with Crippen molar-refractivity contribution in [1.29, 1.82) is 0 Å². The van der Waals surface area contributed by atoms with E-state index in [-0.39, 0.29) is 11.9 Å². The Balaban J connectivity index is 2.15. The van der Waals surface area contributed by atoms with Crippen LogP contribution in [0.1, 0.15) is 32.4 Å². The molecule has 1 aromatic rings. The smallest absolute Gasteiger partial charge is 0.146 e. The molecule has 1 fully saturated rings. The summed E-state index contributed by atoms with van der Waals surface area (Å²) >= 11 is 0. The van der Waals surface area contributed by atoms with Gasteiger partial charge in [-0.25, -0.2) is 4.39 Å². The van der Waals surface area contributed by atoms with E-state index in [4.69, 9.17) is 5.73 Å². The molecule has 106 valence electrons. The number of halogens is 1. The summed E-state index contributed by atoms with van der Waals surface area (Å²) in [6.07, 6.45) is 0. The fraction of sp³-hybridized carbons (Fsp3) is 0.600. The largest absolute Gasteiger partial charge is 0.366 e. The number of likely N-dealkylation sites (N-methyl/N-ethyl adjacent to an activating group) is 1. The SMILES string of the molecule is CCN1CCN(c2ccc(C(C)N)cc2F)CC1C. The molecule has 0 radical (unpaired) electrons. The molecular formula is C15H24FN3. The quantitative estimate of drug-likeness (QED) is 0.910. The molecule has 1 aliphatic heterocycles. The average molecular weight is 265 g/mol. The van der Waals surface area contributed by atoms with Gasteiger partial charge >= 0.3 is 0 Å². The summed E-state index contributed by atoms with van der Waals surface area (Å²) in [6.45, 7) is 10.0. The van der Waals surface area contributed by atoms with Crippen LogP contribution in [0.25, 0.3) is 0 Å². The Bertz CT molecular complexity index is 433. The van der Waals surface area contributed by atoms with E-state index < -0.39 is 0 Å². The molecule has 0 saturated carbocycles. The maximum atomic E-state index is 14.2. The Hall–Kier alpha value is -1.13. The zero-order valence-electron chi connectivity index (χ0n) is 12.1. The van der Waals surface area contributed by atoms with Crippen molar-refractivity contribution in [2.45, 2.75) is 32.9 Å². The van der Waals surface area contributed by atoms with Crippen LogP contribution in [0.15, 0.2) is 18.2 Å². The molecule has 2 unspecified atom stereocenters. The molecular weight excluding hydrogens is 241 g/mol. The summed E-state index contributed by atoms with van der Waals surface area (Å²) < 4.78 is 14.2. The van der Waals surface area contributed by atoms with E-state index in [0.717, 1.165) is 31.7 Å². The van der Waals surface area contributed by atoms with Crippen LogP contribution in [0.2, 0.25) is 0 Å². The lowest BCUT2D eigenvalue weighted by molar-refractivity contribution is 0.199. The predicted octanol–water partition coefficient (Wildman–Crippen LogP) is 2.38. The predicted molar refractivity (Wildman–Crippen MR) is 77.9 cm³/mol. The highest BCUT2D eigenvalue weighted by Gasteiger charge is 2.24. The summed E-state index contributed by atoms with van der Waals surface area (Å²) in [7, 11) is 0. The lowest BCUT2D eigenvalue weighted by atomic mass is 10.1. The molecule has 2 atom stereocenters. The van der Waals surface area contributed by atoms with Gasteiger partial charge in [-0.05, 0) is 38.1 Å². The number of rotatable bonds is 3. The van der Waals surface area contributed by atoms with Gasteiger partial charge in [0.05, 0.1) is 5.69 Å². The van der Waals surface area contributed by atoms with Gasteiger partial charge in [0.1, 0.15) is 5.82 Å². The van der Waals surface area contributed by atoms with Crippen LogP contribution >= 0.6 is 0 Å². The molecule has 2 rings (SSSR count). The minimum atomic E-state index is -0.160. The lowest BCUT2D eigenvalue weighted by Crippen LogP contribution is -2.52. The van der Waals surface area contributed by atoms with Crippen LogP contribution in [0, 0.1) is 5.82 Å². The minimum Gasteiger partial charge on any atom is -0.366 e. The molecule has 0 spiro atoms. The van der Waals surface area contributed by atoms with Gasteiger partial charge in [-0.15, -0.1) is 0 Å². The average Bonchev–Trinajstić information content (AvgIpc) is 2.38. The van der Waals surface area contributed by atoms with Gasteiger partial charge in [0.15, 0.2) is 0 Å². The van der Waals surface area contributed by atoms with Crippen LogP contribution in [-0.4, -0.2) is 37.1 Å². The lowest BCUT2D eigenvalue weighted by Gasteiger charge is -2.40. The highest BCUT2D eigenvalue weighted by molar-refractivity contribution is 5.50. The summed E-state index contributed by atoms with van der Waals surface area (Å²) in [6, 6.07) is 5.70. The molecule has 0 bridgehead atoms. The first-order valence-electron chi connectivity index (χ1n) is 7.07. The van der Waals surface area contributed by atoms with Crippen molar-refractivity contribution < 1.29 is 4.39 Å². The second kappa shape index (κ2) is 5.88. The normalized spacial score (nSPS) is 22.6. The van der Waals surface area contributed by atoms with Gasteiger partial charge < -0.3 is 10.6 Å². The molecule has 19 heavy (non-hydrogen) atoms. The topological polar surface area (TPSA) is 32.5 Å². The van der Waals surface area contributed by atoms with Gasteiger partial charge in [-0.2, -0.15) is 0 Å². The van der Waals surface area contributed by atoms with E-state index >= 15 is 0 Å². The van der Waals surface area contributed by atoms with Gasteiger partial charge in [-0.1, -0.05) is 13.0 Å². The number of nitrogens with two attached hydrogens (primary N) is 1. The van der Waals surface area contributed by atoms with Crippen LogP contribution in [-0.2, 0) is 0 Å². The third-order valence-corrected chi connectivity index (χ3v) is 4.01. The van der Waals surface area contributed by atoms with Gasteiger partial charge in [0.2, 0.25) is 0 Å². The fourth-order valence-electron chi connectivity index (χ4n) is 2.75. The molecule has 3 nitrogen and oxygen atoms in total. The number of piperazine rings is 1. The van der Waals surface area contributed by atoms with Crippen LogP contribution < -0.4 is 10.6 Å². The number of hydrogen-bond acceptors (Lipinski definition) is 3. The number of hydrogen-bond donors (Lipinski definition) is 1. The number of nitrogens with zero attached hydrogens (tertiary/aromatic N) is 2. The van der Waals surface area contributed by atoms with Crippen molar-refractivity contribution >= 4 is 5.69 Å². The Labute approximate surface area is 115 Å². The summed E-state index contributed by atoms with van der Waals surface area (Å²) in [5, 5.41) is 0. The highest BCUT2D eigenvalue weighted by Crippen LogP contribution is 2.25. The van der Waals surface area contributed by atoms with Crippen molar-refractivity contribution in [3.8, 4) is 0 Å². The molecule has 0 aliphatic carbocycles. The maximum absolute atomic E-state index is 14.2. The molecule has 0 amide bonds. The van der Waals surface area contributed by atoms with Crippen molar-refractivity contribution in [3.63, 3.8) is 0 Å². The number of benzene rings is 1. The monoisotopic (exact) mass is 265 g/mol. The van der Waals surface area contributed by atoms with E-state index in [1.807, 2.05) is 19.1 Å². The van der Waals surface area contributed by atoms with E-state index in [2.05, 4.69) is 23.6 Å². The third-order valence-electron chi connectivity index (χ3n) is 4.01. The Morgan fingerprint density at radius 1 is 1.42 bits per heavy atom. The van der Waals surface area contributed by atoms with E-state index in [1.165, 1.54) is 0 Å². The van der Waals surface area contributed by atoms with Gasteiger partial charge in [-0.3, -0.25) is 4.90 Å². The fourth-order valence-corrected chi connectivity index (χ4v) is 2.75. The van der Waals surface area contributed by atoms with E-state index in [1.54, 1.807) is 6.07 Å². The summed E-state index contributed by atoms with van der Waals surface area (Å²) in [5.74, 6) is -0.160.